The molecule has 0 bridgehead atoms. The van der Waals surface area contributed by atoms with Crippen LogP contribution >= 0.6 is 0 Å². The average molecular weight is 344 g/mol. The molecule has 0 spiro atoms. The van der Waals surface area contributed by atoms with Crippen molar-refractivity contribution in [2.24, 2.45) is 0 Å². The molecule has 0 saturated heterocycles. The van der Waals surface area contributed by atoms with Crippen LogP contribution in [0.25, 0.3) is 0 Å². The number of nitrogens with one attached hydrogen (secondary N) is 1. The van der Waals surface area contributed by atoms with E-state index in [0.29, 0.717) is 12.3 Å². The molecule has 0 aliphatic rings. The number of ether oxygens (including phenoxy) is 1. The summed E-state index contributed by atoms with van der Waals surface area (Å²) < 4.78 is 5.11. The Morgan fingerprint density at radius 2 is 2.00 bits per heavy atom. The number of nitrogens with zero attached hydrogens (tertiary/aromatic N) is 3. The fourth-order valence-corrected chi connectivity index (χ4v) is 2.51. The van der Waals surface area contributed by atoms with Crippen molar-refractivity contribution in [1.82, 2.24) is 15.4 Å². The van der Waals surface area contributed by atoms with Crippen LogP contribution in [0.4, 0.5) is 11.5 Å². The molecule has 7 nitrogen and oxygen atoms in total. The Morgan fingerprint density at radius 3 is 2.64 bits per heavy atom. The third-order valence-corrected chi connectivity index (χ3v) is 3.83. The van der Waals surface area contributed by atoms with Gasteiger partial charge < -0.3 is 9.64 Å². The predicted molar refractivity (Wildman–Crippen MR) is 95.0 cm³/mol. The summed E-state index contributed by atoms with van der Waals surface area (Å²) in [6.45, 7) is 0.803. The number of hydrogen-bond donors (Lipinski definition) is 2. The molecule has 2 N–H and O–H groups in total. The quantitative estimate of drug-likeness (QED) is 0.391. The van der Waals surface area contributed by atoms with Crippen LogP contribution in [-0.4, -0.2) is 34.7 Å². The Hall–Kier alpha value is -2.67. The Bertz CT molecular complexity index is 635. The standard InChI is InChI=1S/C18H24N4O3/c1-25-18-11-10-15(14-20-18)22(16-8-5-6-12-19-16)13-7-3-2-4-9-17(23)21-24/h5-6,8,10-12,14,24H,2-4,7,9,13H2,1H3,(H,21,23). The summed E-state index contributed by atoms with van der Waals surface area (Å²) in [6, 6.07) is 9.61. The van der Waals surface area contributed by atoms with Gasteiger partial charge in [-0.1, -0.05) is 18.9 Å². The Balaban J connectivity index is 1.92. The number of rotatable bonds is 10. The molecule has 0 saturated carbocycles. The zero-order valence-corrected chi connectivity index (χ0v) is 14.4. The number of anilines is 2. The summed E-state index contributed by atoms with van der Waals surface area (Å²) >= 11 is 0. The lowest BCUT2D eigenvalue weighted by atomic mass is 10.1. The molecule has 0 atom stereocenters. The summed E-state index contributed by atoms with van der Waals surface area (Å²) in [5, 5.41) is 8.47. The van der Waals surface area contributed by atoms with Crippen LogP contribution in [0.3, 0.4) is 0 Å². The van der Waals surface area contributed by atoms with Crippen LogP contribution in [-0.2, 0) is 4.79 Å². The molecule has 0 aliphatic carbocycles. The molecule has 0 aliphatic heterocycles. The van der Waals surface area contributed by atoms with Gasteiger partial charge >= 0.3 is 0 Å². The normalized spacial score (nSPS) is 10.3. The van der Waals surface area contributed by atoms with Crippen LogP contribution in [0, 0.1) is 0 Å². The maximum atomic E-state index is 11.0. The fraction of sp³-hybridized carbons (Fsp3) is 0.389. The number of amides is 1. The zero-order chi connectivity index (χ0) is 17.9. The Labute approximate surface area is 147 Å². The van der Waals surface area contributed by atoms with Crippen LogP contribution < -0.4 is 15.1 Å². The van der Waals surface area contributed by atoms with Crippen molar-refractivity contribution in [3.8, 4) is 5.88 Å². The second-order valence-electron chi connectivity index (χ2n) is 5.60. The summed E-state index contributed by atoms with van der Waals surface area (Å²) in [6.07, 6.45) is 7.55. The molecule has 2 rings (SSSR count). The minimum Gasteiger partial charge on any atom is -0.481 e. The van der Waals surface area contributed by atoms with Gasteiger partial charge in [-0.15, -0.1) is 0 Å². The molecule has 2 aromatic rings. The van der Waals surface area contributed by atoms with E-state index in [2.05, 4.69) is 14.9 Å². The first kappa shape index (κ1) is 18.7. The maximum Gasteiger partial charge on any atom is 0.243 e. The van der Waals surface area contributed by atoms with E-state index in [1.807, 2.05) is 30.3 Å². The second-order valence-corrected chi connectivity index (χ2v) is 5.60. The van der Waals surface area contributed by atoms with Gasteiger partial charge in [0.2, 0.25) is 11.8 Å². The number of hydroxylamine groups is 1. The number of carbonyl (C=O) groups is 1. The maximum absolute atomic E-state index is 11.0. The molecule has 2 heterocycles. The van der Waals surface area contributed by atoms with E-state index in [1.54, 1.807) is 25.0 Å². The van der Waals surface area contributed by atoms with Gasteiger partial charge in [0, 0.05) is 25.2 Å². The van der Waals surface area contributed by atoms with Gasteiger partial charge in [-0.2, -0.15) is 0 Å². The fourth-order valence-electron chi connectivity index (χ4n) is 2.51. The number of carbonyl (C=O) groups excluding carboxylic acids is 1. The highest BCUT2D eigenvalue weighted by Gasteiger charge is 2.11. The van der Waals surface area contributed by atoms with Crippen molar-refractivity contribution in [3.63, 3.8) is 0 Å². The van der Waals surface area contributed by atoms with Gasteiger partial charge in [0.1, 0.15) is 5.82 Å². The van der Waals surface area contributed by atoms with E-state index >= 15 is 0 Å². The minimum absolute atomic E-state index is 0.334. The van der Waals surface area contributed by atoms with Crippen molar-refractivity contribution in [3.05, 3.63) is 42.7 Å². The molecule has 2 aromatic heterocycles. The zero-order valence-electron chi connectivity index (χ0n) is 14.4. The minimum atomic E-state index is -0.334. The molecule has 0 unspecified atom stereocenters. The van der Waals surface area contributed by atoms with Crippen molar-refractivity contribution < 1.29 is 14.7 Å². The number of hydrogen-bond acceptors (Lipinski definition) is 6. The first-order chi connectivity index (χ1) is 12.2. The third-order valence-electron chi connectivity index (χ3n) is 3.83. The van der Waals surface area contributed by atoms with E-state index in [9.17, 15) is 4.79 Å². The van der Waals surface area contributed by atoms with Gasteiger partial charge in [0.15, 0.2) is 0 Å². The van der Waals surface area contributed by atoms with Gasteiger partial charge in [-0.05, 0) is 31.0 Å². The van der Waals surface area contributed by atoms with Crippen LogP contribution in [0.15, 0.2) is 42.7 Å². The molecule has 0 aromatic carbocycles. The Morgan fingerprint density at radius 1 is 1.16 bits per heavy atom. The number of unbranched alkanes of at least 4 members (excludes halogenated alkanes) is 3. The van der Waals surface area contributed by atoms with E-state index in [4.69, 9.17) is 9.94 Å². The number of pyridine rings is 2. The molecular formula is C18H24N4O3. The van der Waals surface area contributed by atoms with E-state index in [1.165, 1.54) is 0 Å². The molecule has 134 valence electrons. The summed E-state index contributed by atoms with van der Waals surface area (Å²) in [4.78, 5) is 21.8. The van der Waals surface area contributed by atoms with Gasteiger partial charge in [-0.3, -0.25) is 10.0 Å². The third kappa shape index (κ3) is 6.04. The monoisotopic (exact) mass is 344 g/mol. The lowest BCUT2D eigenvalue weighted by Crippen LogP contribution is -2.20. The van der Waals surface area contributed by atoms with E-state index in [0.717, 1.165) is 43.7 Å². The van der Waals surface area contributed by atoms with Crippen molar-refractivity contribution in [2.45, 2.75) is 32.1 Å². The van der Waals surface area contributed by atoms with Crippen molar-refractivity contribution in [2.75, 3.05) is 18.6 Å². The topological polar surface area (TPSA) is 87.6 Å². The second kappa shape index (κ2) is 10.2. The molecule has 25 heavy (non-hydrogen) atoms. The SMILES string of the molecule is COc1ccc(N(CCCCCCC(=O)NO)c2ccccn2)cn1. The molecule has 7 heteroatoms. The largest absolute Gasteiger partial charge is 0.481 e. The molecule has 0 fully saturated rings. The first-order valence-electron chi connectivity index (χ1n) is 8.36. The van der Waals surface area contributed by atoms with E-state index < -0.39 is 0 Å². The lowest BCUT2D eigenvalue weighted by Gasteiger charge is -2.23. The number of methoxy groups -OCH3 is 1. The molecule has 1 amide bonds. The predicted octanol–water partition coefficient (Wildman–Crippen LogP) is 3.08. The van der Waals surface area contributed by atoms with Crippen LogP contribution in [0.1, 0.15) is 32.1 Å². The molecule has 0 radical (unpaired) electrons. The summed E-state index contributed by atoms with van der Waals surface area (Å²) in [5.74, 6) is 1.11. The first-order valence-corrected chi connectivity index (χ1v) is 8.36. The highest BCUT2D eigenvalue weighted by molar-refractivity contribution is 5.74. The van der Waals surface area contributed by atoms with E-state index in [-0.39, 0.29) is 5.91 Å². The highest BCUT2D eigenvalue weighted by atomic mass is 16.5. The van der Waals surface area contributed by atoms with Gasteiger partial charge in [0.25, 0.3) is 0 Å². The summed E-state index contributed by atoms with van der Waals surface area (Å²) in [7, 11) is 1.59. The van der Waals surface area contributed by atoms with Gasteiger partial charge in [-0.25, -0.2) is 15.4 Å². The Kier molecular flexibility index (Phi) is 7.65. The highest BCUT2D eigenvalue weighted by Crippen LogP contribution is 2.24. The smallest absolute Gasteiger partial charge is 0.243 e. The van der Waals surface area contributed by atoms with Crippen molar-refractivity contribution >= 4 is 17.4 Å². The molecular weight excluding hydrogens is 320 g/mol. The van der Waals surface area contributed by atoms with Crippen molar-refractivity contribution in [1.29, 1.82) is 0 Å². The summed E-state index contributed by atoms with van der Waals surface area (Å²) in [5.41, 5.74) is 2.61. The average Bonchev–Trinajstić information content (AvgIpc) is 2.68. The van der Waals surface area contributed by atoms with Crippen LogP contribution in [0.2, 0.25) is 0 Å². The van der Waals surface area contributed by atoms with Gasteiger partial charge in [0.05, 0.1) is 19.0 Å². The lowest BCUT2D eigenvalue weighted by molar-refractivity contribution is -0.129. The number of aromatic nitrogens is 2. The van der Waals surface area contributed by atoms with Crippen LogP contribution in [0.5, 0.6) is 5.88 Å².